The first kappa shape index (κ1) is 30.3. The summed E-state index contributed by atoms with van der Waals surface area (Å²) in [6.45, 7) is -0.426. The fourth-order valence-electron chi connectivity index (χ4n) is 3.24. The predicted octanol–water partition coefficient (Wildman–Crippen LogP) is 7.74. The van der Waals surface area contributed by atoms with E-state index < -0.39 is 20.2 Å². The molecule has 0 saturated heterocycles. The Labute approximate surface area is 244 Å². The molecule has 4 aromatic carbocycles. The van der Waals surface area contributed by atoms with E-state index >= 15 is 0 Å². The third kappa shape index (κ3) is 9.49. The number of rotatable bonds is 13. The molecule has 4 rings (SSSR count). The molecule has 0 N–H and O–H groups in total. The summed E-state index contributed by atoms with van der Waals surface area (Å²) in [6.07, 6.45) is 5.97. The molecular formula is C30H26N4O6S2. The largest absolute Gasteiger partial charge is 0.297 e. The smallest absolute Gasteiger partial charge is 0.262 e. The minimum absolute atomic E-state index is 0.0176. The molecule has 214 valence electrons. The van der Waals surface area contributed by atoms with Gasteiger partial charge in [-0.15, -0.1) is 0 Å². The van der Waals surface area contributed by atoms with Gasteiger partial charge in [-0.2, -0.15) is 37.3 Å². The molecule has 0 aliphatic rings. The predicted molar refractivity (Wildman–Crippen MR) is 159 cm³/mol. The topological polar surface area (TPSA) is 136 Å². The van der Waals surface area contributed by atoms with Crippen LogP contribution in [0.2, 0.25) is 0 Å². The molecule has 0 radical (unpaired) electrons. The van der Waals surface area contributed by atoms with Gasteiger partial charge in [0, 0.05) is 0 Å². The Balaban J connectivity index is 1.19. The van der Waals surface area contributed by atoms with Crippen molar-refractivity contribution in [3.8, 4) is 0 Å². The summed E-state index contributed by atoms with van der Waals surface area (Å²) in [5, 5.41) is 16.3. The molecule has 0 atom stereocenters. The third-order valence-corrected chi connectivity index (χ3v) is 7.94. The van der Waals surface area contributed by atoms with Gasteiger partial charge in [0.2, 0.25) is 0 Å². The van der Waals surface area contributed by atoms with E-state index in [1.807, 2.05) is 36.4 Å². The zero-order valence-electron chi connectivity index (χ0n) is 22.2. The van der Waals surface area contributed by atoms with Crippen LogP contribution in [0.25, 0.3) is 0 Å². The van der Waals surface area contributed by atoms with Crippen molar-refractivity contribution in [1.82, 2.24) is 0 Å². The maximum Gasteiger partial charge on any atom is 0.297 e. The minimum Gasteiger partial charge on any atom is -0.262 e. The summed E-state index contributed by atoms with van der Waals surface area (Å²) in [5.41, 5.74) is 2.35. The van der Waals surface area contributed by atoms with Crippen LogP contribution in [-0.2, 0) is 28.6 Å². The molecule has 0 saturated carbocycles. The van der Waals surface area contributed by atoms with Crippen molar-refractivity contribution < 1.29 is 25.2 Å². The summed E-state index contributed by atoms with van der Waals surface area (Å²) in [5.74, 6) is 0. The lowest BCUT2D eigenvalue weighted by molar-refractivity contribution is 0.355. The van der Waals surface area contributed by atoms with Gasteiger partial charge in [0.05, 0.1) is 45.8 Å². The first-order valence-electron chi connectivity index (χ1n) is 12.6. The van der Waals surface area contributed by atoms with Crippen molar-refractivity contribution in [2.24, 2.45) is 20.5 Å². The molecule has 0 aromatic heterocycles. The summed E-state index contributed by atoms with van der Waals surface area (Å²) >= 11 is 0. The second kappa shape index (κ2) is 14.8. The van der Waals surface area contributed by atoms with E-state index in [-0.39, 0.29) is 23.0 Å². The van der Waals surface area contributed by atoms with Gasteiger partial charge in [0.1, 0.15) is 0 Å². The van der Waals surface area contributed by atoms with Crippen molar-refractivity contribution in [3.05, 3.63) is 133 Å². The number of hydrogen-bond donors (Lipinski definition) is 0. The highest BCUT2D eigenvalue weighted by atomic mass is 32.2. The standard InChI is InChI=1S/C30H26N4O6S2/c35-41(36,29-19-15-27(16-20-29)33-31-25-11-5-3-6-12-25)39-23-9-1-2-10-24-40-42(37,38)30-21-17-28(18-22-30)34-32-26-13-7-4-8-14-26/h1-22H,23-24H2/b9-1+,10-2?,33-31?,34-32?. The van der Waals surface area contributed by atoms with Crippen LogP contribution in [0.1, 0.15) is 0 Å². The Morgan fingerprint density at radius 2 is 0.762 bits per heavy atom. The van der Waals surface area contributed by atoms with Gasteiger partial charge >= 0.3 is 0 Å². The molecule has 0 aliphatic carbocycles. The van der Waals surface area contributed by atoms with E-state index in [4.69, 9.17) is 8.37 Å². The van der Waals surface area contributed by atoms with Crippen LogP contribution in [0.4, 0.5) is 22.7 Å². The molecule has 12 heteroatoms. The monoisotopic (exact) mass is 602 g/mol. The number of nitrogens with zero attached hydrogens (tertiary/aromatic N) is 4. The quantitative estimate of drug-likeness (QED) is 0.0872. The Hall–Kier alpha value is -4.62. The van der Waals surface area contributed by atoms with Crippen LogP contribution < -0.4 is 0 Å². The lowest BCUT2D eigenvalue weighted by atomic mass is 10.3. The molecule has 4 aromatic rings. The molecule has 0 unspecified atom stereocenters. The summed E-state index contributed by atoms with van der Waals surface area (Å²) in [7, 11) is -7.95. The molecule has 42 heavy (non-hydrogen) atoms. The average molecular weight is 603 g/mol. The molecule has 0 fully saturated rings. The maximum absolute atomic E-state index is 12.4. The fourth-order valence-corrected chi connectivity index (χ4v) is 4.97. The number of allylic oxidation sites excluding steroid dienone is 2. The van der Waals surface area contributed by atoms with E-state index in [0.717, 1.165) is 0 Å². The number of benzene rings is 4. The van der Waals surface area contributed by atoms with Gasteiger partial charge in [-0.3, -0.25) is 8.37 Å². The van der Waals surface area contributed by atoms with Crippen LogP contribution in [0.5, 0.6) is 0 Å². The summed E-state index contributed by atoms with van der Waals surface area (Å²) < 4.78 is 59.6. The van der Waals surface area contributed by atoms with E-state index in [1.165, 1.54) is 72.8 Å². The Kier molecular flexibility index (Phi) is 10.7. The third-order valence-electron chi connectivity index (χ3n) is 5.35. The lowest BCUT2D eigenvalue weighted by Crippen LogP contribution is -2.06. The highest BCUT2D eigenvalue weighted by Crippen LogP contribution is 2.22. The van der Waals surface area contributed by atoms with Gasteiger partial charge < -0.3 is 0 Å². The molecule has 10 nitrogen and oxygen atoms in total. The van der Waals surface area contributed by atoms with Gasteiger partial charge in [-0.1, -0.05) is 60.7 Å². The Morgan fingerprint density at radius 3 is 1.10 bits per heavy atom. The zero-order valence-corrected chi connectivity index (χ0v) is 23.8. The molecule has 0 heterocycles. The van der Waals surface area contributed by atoms with Crippen LogP contribution in [0.15, 0.2) is 164 Å². The SMILES string of the molecule is O=S(=O)(OCC=C/C=C/COS(=O)(=O)c1ccc(N=Nc2ccccc2)cc1)c1ccc(N=Nc2ccccc2)cc1. The first-order chi connectivity index (χ1) is 20.3. The first-order valence-corrected chi connectivity index (χ1v) is 15.4. The van der Waals surface area contributed by atoms with E-state index in [1.54, 1.807) is 24.3 Å². The van der Waals surface area contributed by atoms with E-state index in [2.05, 4.69) is 20.5 Å². The van der Waals surface area contributed by atoms with E-state index in [9.17, 15) is 16.8 Å². The van der Waals surface area contributed by atoms with Crippen molar-refractivity contribution in [2.75, 3.05) is 13.2 Å². The Morgan fingerprint density at radius 1 is 0.452 bits per heavy atom. The second-order valence-electron chi connectivity index (χ2n) is 8.39. The molecule has 0 amide bonds. The molecular weight excluding hydrogens is 576 g/mol. The van der Waals surface area contributed by atoms with E-state index in [0.29, 0.717) is 22.7 Å². The van der Waals surface area contributed by atoms with Gasteiger partial charge in [0.15, 0.2) is 0 Å². The maximum atomic E-state index is 12.4. The van der Waals surface area contributed by atoms with Crippen molar-refractivity contribution in [3.63, 3.8) is 0 Å². The van der Waals surface area contributed by atoms with Crippen LogP contribution in [-0.4, -0.2) is 30.0 Å². The molecule has 0 aliphatic heterocycles. The summed E-state index contributed by atoms with van der Waals surface area (Å²) in [4.78, 5) is -0.0352. The van der Waals surface area contributed by atoms with Crippen molar-refractivity contribution >= 4 is 43.0 Å². The van der Waals surface area contributed by atoms with Crippen LogP contribution in [0.3, 0.4) is 0 Å². The number of azo groups is 2. The number of hydrogen-bond acceptors (Lipinski definition) is 10. The highest BCUT2D eigenvalue weighted by Gasteiger charge is 2.15. The minimum atomic E-state index is -3.98. The lowest BCUT2D eigenvalue weighted by Gasteiger charge is -2.04. The highest BCUT2D eigenvalue weighted by molar-refractivity contribution is 7.87. The summed E-state index contributed by atoms with van der Waals surface area (Å²) in [6, 6.07) is 30.0. The zero-order chi connectivity index (χ0) is 29.7. The average Bonchev–Trinajstić information content (AvgIpc) is 3.01. The van der Waals surface area contributed by atoms with Crippen molar-refractivity contribution in [1.29, 1.82) is 0 Å². The molecule has 0 spiro atoms. The van der Waals surface area contributed by atoms with Crippen LogP contribution >= 0.6 is 0 Å². The molecule has 0 bridgehead atoms. The normalized spacial score (nSPS) is 12.7. The van der Waals surface area contributed by atoms with Gasteiger partial charge in [0.25, 0.3) is 20.2 Å². The van der Waals surface area contributed by atoms with Gasteiger partial charge in [-0.25, -0.2) is 0 Å². The van der Waals surface area contributed by atoms with Crippen LogP contribution in [0, 0.1) is 0 Å². The van der Waals surface area contributed by atoms with Crippen molar-refractivity contribution in [2.45, 2.75) is 9.79 Å². The Bertz CT molecular complexity index is 1640. The second-order valence-corrected chi connectivity index (χ2v) is 11.6. The van der Waals surface area contributed by atoms with Gasteiger partial charge in [-0.05, 0) is 72.8 Å². The fraction of sp³-hybridized carbons (Fsp3) is 0.0667.